The van der Waals surface area contributed by atoms with Gasteiger partial charge in [0.15, 0.2) is 0 Å². The van der Waals surface area contributed by atoms with E-state index in [2.05, 4.69) is 35.0 Å². The van der Waals surface area contributed by atoms with E-state index >= 15 is 0 Å². The van der Waals surface area contributed by atoms with Crippen LogP contribution in [0.25, 0.3) is 0 Å². The molecule has 2 heterocycles. The second-order valence-electron chi connectivity index (χ2n) is 5.14. The lowest BCUT2D eigenvalue weighted by Crippen LogP contribution is -2.28. The molecule has 0 amide bonds. The lowest BCUT2D eigenvalue weighted by molar-refractivity contribution is 0.690. The fraction of sp³-hybridized carbons (Fsp3) is 0.312. The number of nitrogens with zero attached hydrogens (tertiary/aromatic N) is 2. The summed E-state index contributed by atoms with van der Waals surface area (Å²) in [5, 5.41) is 0.568. The monoisotopic (exact) mass is 272 g/mol. The van der Waals surface area contributed by atoms with Crippen LogP contribution in [0.2, 0.25) is 5.15 Å². The van der Waals surface area contributed by atoms with Crippen molar-refractivity contribution >= 4 is 17.3 Å². The molecule has 2 aromatic rings. The summed E-state index contributed by atoms with van der Waals surface area (Å²) in [4.78, 5) is 6.47. The molecule has 0 spiro atoms. The Bertz CT molecular complexity index is 595. The molecule has 1 aliphatic rings. The first-order chi connectivity index (χ1) is 9.22. The summed E-state index contributed by atoms with van der Waals surface area (Å²) < 4.78 is 0. The van der Waals surface area contributed by atoms with Gasteiger partial charge in [0.2, 0.25) is 0 Å². The molecule has 3 rings (SSSR count). The zero-order chi connectivity index (χ0) is 13.2. The van der Waals surface area contributed by atoms with Gasteiger partial charge in [-0.25, -0.2) is 4.98 Å². The second-order valence-corrected chi connectivity index (χ2v) is 5.53. The summed E-state index contributed by atoms with van der Waals surface area (Å²) in [6, 6.07) is 10.7. The number of halogens is 1. The van der Waals surface area contributed by atoms with Crippen LogP contribution in [0.4, 0.5) is 5.69 Å². The quantitative estimate of drug-likeness (QED) is 0.769. The van der Waals surface area contributed by atoms with Crippen LogP contribution in [-0.4, -0.2) is 11.5 Å². The van der Waals surface area contributed by atoms with Crippen molar-refractivity contribution < 1.29 is 0 Å². The van der Waals surface area contributed by atoms with Crippen molar-refractivity contribution in [1.82, 2.24) is 4.98 Å². The molecule has 1 aromatic carbocycles. The zero-order valence-electron chi connectivity index (χ0n) is 11.1. The zero-order valence-corrected chi connectivity index (χ0v) is 11.8. The number of benzene rings is 1. The van der Waals surface area contributed by atoms with E-state index in [9.17, 15) is 0 Å². The number of fused-ring (bicyclic) bond motifs is 1. The van der Waals surface area contributed by atoms with Gasteiger partial charge in [0.1, 0.15) is 5.15 Å². The predicted molar refractivity (Wildman–Crippen MR) is 79.8 cm³/mol. The topological polar surface area (TPSA) is 16.1 Å². The Kier molecular flexibility index (Phi) is 3.43. The number of hydrogen-bond donors (Lipinski definition) is 0. The molecule has 98 valence electrons. The minimum absolute atomic E-state index is 0.568. The largest absolute Gasteiger partial charge is 0.367 e. The van der Waals surface area contributed by atoms with Crippen molar-refractivity contribution in [3.8, 4) is 0 Å². The van der Waals surface area contributed by atoms with Crippen LogP contribution in [0.1, 0.15) is 23.1 Å². The summed E-state index contributed by atoms with van der Waals surface area (Å²) in [5.41, 5.74) is 5.39. The molecule has 0 bridgehead atoms. The smallest absolute Gasteiger partial charge is 0.129 e. The van der Waals surface area contributed by atoms with Crippen LogP contribution in [0.5, 0.6) is 0 Å². The van der Waals surface area contributed by atoms with Gasteiger partial charge < -0.3 is 4.90 Å². The highest BCUT2D eigenvalue weighted by Crippen LogP contribution is 2.29. The van der Waals surface area contributed by atoms with Gasteiger partial charge in [-0.05, 0) is 49.1 Å². The highest BCUT2D eigenvalue weighted by molar-refractivity contribution is 6.29. The molecule has 0 unspecified atom stereocenters. The van der Waals surface area contributed by atoms with Crippen LogP contribution in [0, 0.1) is 6.92 Å². The van der Waals surface area contributed by atoms with Crippen LogP contribution < -0.4 is 4.90 Å². The summed E-state index contributed by atoms with van der Waals surface area (Å²) in [7, 11) is 0. The third-order valence-electron chi connectivity index (χ3n) is 3.61. The normalized spacial score (nSPS) is 14.3. The van der Waals surface area contributed by atoms with Gasteiger partial charge in [0, 0.05) is 25.0 Å². The van der Waals surface area contributed by atoms with E-state index in [-0.39, 0.29) is 0 Å². The Hall–Kier alpha value is -1.54. The third kappa shape index (κ3) is 2.74. The number of aryl methyl sites for hydroxylation is 2. The van der Waals surface area contributed by atoms with E-state index in [0.29, 0.717) is 5.15 Å². The minimum atomic E-state index is 0.568. The summed E-state index contributed by atoms with van der Waals surface area (Å²) >= 11 is 5.95. The Balaban J connectivity index is 1.87. The third-order valence-corrected chi connectivity index (χ3v) is 3.82. The summed E-state index contributed by atoms with van der Waals surface area (Å²) in [5.74, 6) is 0. The molecular weight excluding hydrogens is 256 g/mol. The van der Waals surface area contributed by atoms with E-state index in [1.807, 2.05) is 12.1 Å². The second kappa shape index (κ2) is 5.22. The molecule has 2 nitrogen and oxygen atoms in total. The van der Waals surface area contributed by atoms with Crippen LogP contribution >= 0.6 is 11.6 Å². The van der Waals surface area contributed by atoms with E-state index in [4.69, 9.17) is 11.6 Å². The predicted octanol–water partition coefficient (Wildman–Crippen LogP) is 4.00. The minimum Gasteiger partial charge on any atom is -0.367 e. The maximum atomic E-state index is 5.95. The molecule has 0 atom stereocenters. The lowest BCUT2D eigenvalue weighted by atomic mass is 9.99. The highest BCUT2D eigenvalue weighted by Gasteiger charge is 2.16. The number of aromatic nitrogens is 1. The molecule has 0 saturated heterocycles. The van der Waals surface area contributed by atoms with E-state index in [0.717, 1.165) is 13.1 Å². The molecule has 1 aliphatic heterocycles. The van der Waals surface area contributed by atoms with Crippen molar-refractivity contribution in [2.75, 3.05) is 11.4 Å². The molecular formula is C16H17ClN2. The average molecular weight is 273 g/mol. The lowest BCUT2D eigenvalue weighted by Gasteiger charge is -2.31. The van der Waals surface area contributed by atoms with Crippen molar-refractivity contribution in [1.29, 1.82) is 0 Å². The number of pyridine rings is 1. The Morgan fingerprint density at radius 2 is 2.16 bits per heavy atom. The molecule has 0 radical (unpaired) electrons. The van der Waals surface area contributed by atoms with Crippen LogP contribution in [0.3, 0.4) is 0 Å². The Morgan fingerprint density at radius 3 is 3.00 bits per heavy atom. The molecule has 19 heavy (non-hydrogen) atoms. The van der Waals surface area contributed by atoms with Crippen molar-refractivity contribution in [2.45, 2.75) is 26.3 Å². The van der Waals surface area contributed by atoms with Crippen molar-refractivity contribution in [3.05, 3.63) is 58.4 Å². The van der Waals surface area contributed by atoms with Gasteiger partial charge in [0.05, 0.1) is 0 Å². The van der Waals surface area contributed by atoms with Gasteiger partial charge in [-0.15, -0.1) is 0 Å². The standard InChI is InChI=1S/C16H17ClN2/c1-12-4-5-15-14(9-12)3-2-8-19(15)11-13-6-7-18-16(17)10-13/h4-7,9-10H,2-3,8,11H2,1H3. The Morgan fingerprint density at radius 1 is 1.26 bits per heavy atom. The molecule has 0 fully saturated rings. The highest BCUT2D eigenvalue weighted by atomic mass is 35.5. The van der Waals surface area contributed by atoms with Crippen LogP contribution in [0.15, 0.2) is 36.5 Å². The van der Waals surface area contributed by atoms with E-state index < -0.39 is 0 Å². The number of anilines is 1. The van der Waals surface area contributed by atoms with E-state index in [1.165, 1.54) is 35.2 Å². The first-order valence-corrected chi connectivity index (χ1v) is 7.05. The maximum absolute atomic E-state index is 5.95. The first-order valence-electron chi connectivity index (χ1n) is 6.67. The van der Waals surface area contributed by atoms with E-state index in [1.54, 1.807) is 6.20 Å². The fourth-order valence-electron chi connectivity index (χ4n) is 2.73. The van der Waals surface area contributed by atoms with Gasteiger partial charge >= 0.3 is 0 Å². The fourth-order valence-corrected chi connectivity index (χ4v) is 2.93. The SMILES string of the molecule is Cc1ccc2c(c1)CCCN2Cc1ccnc(Cl)c1. The molecule has 0 saturated carbocycles. The average Bonchev–Trinajstić information content (AvgIpc) is 2.38. The molecule has 0 aliphatic carbocycles. The Labute approximate surface area is 119 Å². The number of rotatable bonds is 2. The van der Waals surface area contributed by atoms with Gasteiger partial charge in [-0.2, -0.15) is 0 Å². The van der Waals surface area contributed by atoms with Gasteiger partial charge in [0.25, 0.3) is 0 Å². The van der Waals surface area contributed by atoms with Gasteiger partial charge in [-0.3, -0.25) is 0 Å². The van der Waals surface area contributed by atoms with Crippen LogP contribution in [-0.2, 0) is 13.0 Å². The molecule has 1 aromatic heterocycles. The maximum Gasteiger partial charge on any atom is 0.129 e. The van der Waals surface area contributed by atoms with Gasteiger partial charge in [-0.1, -0.05) is 29.3 Å². The number of hydrogen-bond acceptors (Lipinski definition) is 2. The molecule has 0 N–H and O–H groups in total. The molecule has 3 heteroatoms. The summed E-state index contributed by atoms with van der Waals surface area (Å²) in [6.07, 6.45) is 4.18. The summed E-state index contributed by atoms with van der Waals surface area (Å²) in [6.45, 7) is 4.16. The first kappa shape index (κ1) is 12.5. The van der Waals surface area contributed by atoms with Crippen molar-refractivity contribution in [2.24, 2.45) is 0 Å². The van der Waals surface area contributed by atoms with Crippen molar-refractivity contribution in [3.63, 3.8) is 0 Å².